The zero-order valence-electron chi connectivity index (χ0n) is 78.9. The number of hydrogen-bond donors (Lipinski definition) is 0. The van der Waals surface area contributed by atoms with E-state index in [9.17, 15) is 0 Å². The predicted molar refractivity (Wildman–Crippen MR) is 471 cm³/mol. The second-order valence-electron chi connectivity index (χ2n) is 37.4. The maximum atomic E-state index is 4.11. The molecule has 9 saturated carbocycles. The molecule has 9 aliphatic rings. The van der Waals surface area contributed by atoms with E-state index < -0.39 is 0 Å². The van der Waals surface area contributed by atoms with Crippen molar-refractivity contribution >= 4 is 0 Å². The summed E-state index contributed by atoms with van der Waals surface area (Å²) in [7, 11) is 0. The molecule has 5 atom stereocenters. The molecule has 0 spiro atoms. The summed E-state index contributed by atoms with van der Waals surface area (Å²) >= 11 is 0. The van der Waals surface area contributed by atoms with Crippen LogP contribution in [-0.2, 0) is 229 Å². The summed E-state index contributed by atoms with van der Waals surface area (Å²) in [4.78, 5) is 0. The Kier molecular flexibility index (Phi) is 150. The van der Waals surface area contributed by atoms with Gasteiger partial charge >= 0.3 is 0 Å². The van der Waals surface area contributed by atoms with E-state index in [1.165, 1.54) is 231 Å². The molecule has 0 aromatic rings. The zero-order valence-corrected chi connectivity index (χ0v) is 98.7. The third-order valence-corrected chi connectivity index (χ3v) is 17.9. The van der Waals surface area contributed by atoms with Crippen LogP contribution in [0.25, 0.3) is 0 Å². The van der Waals surface area contributed by atoms with Crippen LogP contribution in [0.15, 0.2) is 0 Å². The van der Waals surface area contributed by atoms with E-state index in [0.717, 1.165) is 115 Å². The van der Waals surface area contributed by atoms with Crippen LogP contribution in [0.5, 0.6) is 0 Å². The van der Waals surface area contributed by atoms with Crippen LogP contribution < -0.4 is 0 Å². The van der Waals surface area contributed by atoms with Crippen LogP contribution in [0.4, 0.5) is 0 Å². The Morgan fingerprint density at radius 1 is 0.271 bits per heavy atom. The molecule has 5 unspecified atom stereocenters. The van der Waals surface area contributed by atoms with E-state index in [2.05, 4.69) is 242 Å². The standard InChI is InChI=1S/C10H18.2C9H16.5C8H14.8C4H10.7Y/c1-2-6-10-8-4-3-7-9(10)5-1;2*1-3-9-7-5-4-6-8(9)2;1-8(2)6-4-3-5-7-8;4*1-2-8-6-4-3-5-7-8;8*1-4(2)3;;;;;;;/h9-10H,1-8H2;2*8-9H,1-7H2;4*1-7H2;6,8H,1-5,7H2;8*4H,1-3H3;;;;;;;/q;7*-2;;;;;;;;;;;;;;;. The number of fused-ring (bicyclic) bond motifs is 1. The molecule has 9 fully saturated rings. The van der Waals surface area contributed by atoms with Crippen molar-refractivity contribution in [3.63, 3.8) is 0 Å². The van der Waals surface area contributed by atoms with Gasteiger partial charge in [-0.1, -0.05) is 377 Å². The Labute approximate surface area is 865 Å². The Balaban J connectivity index is -0.0000000724. The number of rotatable bonds is 6. The van der Waals surface area contributed by atoms with Crippen molar-refractivity contribution in [1.29, 1.82) is 0 Å². The van der Waals surface area contributed by atoms with Crippen LogP contribution in [0, 0.1) is 188 Å². The molecule has 635 valence electrons. The van der Waals surface area contributed by atoms with E-state index >= 15 is 0 Å². The van der Waals surface area contributed by atoms with Gasteiger partial charge in [-0.2, -0.15) is 75.5 Å². The molecule has 0 N–H and O–H groups in total. The minimum Gasteiger partial charge on any atom is -0.372 e. The first kappa shape index (κ1) is 146. The normalized spacial score (nSPS) is 22.3. The second kappa shape index (κ2) is 110. The van der Waals surface area contributed by atoms with Gasteiger partial charge in [0.05, 0.1) is 0 Å². The largest absolute Gasteiger partial charge is 0.372 e. The Morgan fingerprint density at radius 2 is 0.477 bits per heavy atom. The van der Waals surface area contributed by atoms with Gasteiger partial charge < -0.3 is 113 Å². The Bertz CT molecular complexity index is 1210. The van der Waals surface area contributed by atoms with Crippen LogP contribution >= 0.6 is 0 Å². The molecule has 0 aromatic carbocycles. The number of hydrogen-bond acceptors (Lipinski definition) is 0. The average Bonchev–Trinajstić information content (AvgIpc) is 0.874. The molecule has 9 aliphatic carbocycles. The Morgan fingerprint density at radius 3 is 0.617 bits per heavy atom. The van der Waals surface area contributed by atoms with Crippen molar-refractivity contribution in [2.24, 2.45) is 94.2 Å². The van der Waals surface area contributed by atoms with E-state index in [0.29, 0.717) is 11.8 Å². The Hall–Kier alpha value is 7.73. The fourth-order valence-electron chi connectivity index (χ4n) is 12.7. The SMILES string of the molecule is C1CCC2CCCCC2C1.CC(C)C.CC(C)C.CC(C)C.CC(C)C.CC(C)C.CC(C)C.CC(C)C.CC(C)C.[CH2-]C1([CH2-])CCCCC1.[CH2-]CC1CCCCC1[CH2-].[CH2-]CC1CCCCC1[CH2-].[CH2-]CC1[CH-]CCCC1.[CH2-]C[C-]1CCCCC1.[CH2-]C[C-]1CCCCC1.[CH2-]C[C-]1CCCCC1.[Y].[Y].[Y].[Y].[Y].[Y].[Y]. The second-order valence-corrected chi connectivity index (χ2v) is 37.4. The average molecular weight is 2030 g/mol. The topological polar surface area (TPSA) is 0 Å². The van der Waals surface area contributed by atoms with Crippen molar-refractivity contribution in [1.82, 2.24) is 0 Å². The van der Waals surface area contributed by atoms with Gasteiger partial charge in [-0.25, -0.2) is 6.42 Å². The van der Waals surface area contributed by atoms with Crippen molar-refractivity contribution in [3.8, 4) is 0 Å². The van der Waals surface area contributed by atoms with Crippen molar-refractivity contribution in [3.05, 3.63) is 93.4 Å². The van der Waals surface area contributed by atoms with Crippen LogP contribution in [-0.4, -0.2) is 0 Å². The van der Waals surface area contributed by atoms with E-state index in [1.807, 2.05) is 0 Å². The molecule has 0 aliphatic heterocycles. The molecule has 0 amide bonds. The van der Waals surface area contributed by atoms with Crippen molar-refractivity contribution in [2.45, 2.75) is 462 Å². The summed E-state index contributed by atoms with van der Waals surface area (Å²) in [5.74, 6) is 18.0. The molecule has 0 aromatic heterocycles. The first-order valence-corrected chi connectivity index (χ1v) is 44.4. The van der Waals surface area contributed by atoms with Crippen LogP contribution in [0.3, 0.4) is 0 Å². The van der Waals surface area contributed by atoms with Crippen LogP contribution in [0.2, 0.25) is 0 Å². The van der Waals surface area contributed by atoms with Crippen LogP contribution in [0.1, 0.15) is 462 Å². The minimum atomic E-state index is 0. The molecule has 0 bridgehead atoms. The van der Waals surface area contributed by atoms with Gasteiger partial charge in [0.15, 0.2) is 0 Å². The van der Waals surface area contributed by atoms with Gasteiger partial charge in [0.2, 0.25) is 0 Å². The summed E-state index contributed by atoms with van der Waals surface area (Å²) in [6, 6.07) is 0. The van der Waals surface area contributed by atoms with E-state index in [4.69, 9.17) is 0 Å². The fraction of sp³-hybridized carbons (Fsp3) is 0.860. The molecule has 0 nitrogen and oxygen atoms in total. The first-order valence-electron chi connectivity index (χ1n) is 44.4. The molecule has 9 rings (SSSR count). The van der Waals surface area contributed by atoms with Gasteiger partial charge in [0.25, 0.3) is 0 Å². The smallest absolute Gasteiger partial charge is 0 e. The molecule has 0 heterocycles. The molecule has 107 heavy (non-hydrogen) atoms. The predicted octanol–water partition coefficient (Wildman–Crippen LogP) is 35.8. The van der Waals surface area contributed by atoms with Gasteiger partial charge in [-0.05, 0) is 59.2 Å². The molecule has 7 heteroatoms. The summed E-state index contributed by atoms with van der Waals surface area (Å²) < 4.78 is 0. The maximum absolute atomic E-state index is 4.11. The zero-order chi connectivity index (χ0) is 78.1. The van der Waals surface area contributed by atoms with Crippen molar-refractivity contribution in [2.75, 3.05) is 0 Å². The van der Waals surface area contributed by atoms with Gasteiger partial charge in [-0.15, -0.1) is 12.8 Å². The summed E-state index contributed by atoms with van der Waals surface area (Å²) in [5, 5.41) is 0. The third kappa shape index (κ3) is 137. The molecular formula is C100H200Y7-14. The van der Waals surface area contributed by atoms with Gasteiger partial charge in [0, 0.05) is 229 Å². The van der Waals surface area contributed by atoms with Gasteiger partial charge in [0.1, 0.15) is 0 Å². The summed E-state index contributed by atoms with van der Waals surface area (Å²) in [5.41, 5.74) is 0.179. The summed E-state index contributed by atoms with van der Waals surface area (Å²) in [6.07, 6.45) is 65.5. The fourth-order valence-corrected chi connectivity index (χ4v) is 12.7. The molecule has 7 radical (unpaired) electrons. The monoisotopic (exact) mass is 2020 g/mol. The first-order chi connectivity index (χ1) is 46.9. The summed E-state index contributed by atoms with van der Waals surface area (Å²) in [6.45, 7) is 91.6. The third-order valence-electron chi connectivity index (χ3n) is 17.9. The maximum Gasteiger partial charge on any atom is 0 e. The van der Waals surface area contributed by atoms with E-state index in [-0.39, 0.29) is 234 Å². The van der Waals surface area contributed by atoms with Gasteiger partial charge in [-0.3, -0.25) is 5.41 Å². The molecule has 0 saturated heterocycles. The van der Waals surface area contributed by atoms with E-state index in [1.54, 1.807) is 43.4 Å². The minimum absolute atomic E-state index is 0. The quantitative estimate of drug-likeness (QED) is 0.233. The van der Waals surface area contributed by atoms with Crippen molar-refractivity contribution < 1.29 is 229 Å². The molecular weight excluding hydrogens is 1820 g/mol.